The number of primary sulfonamides is 1. The fraction of sp³-hybridized carbons (Fsp3) is 0.130. The van der Waals surface area contributed by atoms with Gasteiger partial charge in [0.05, 0.1) is 30.1 Å². The quantitative estimate of drug-likeness (QED) is 0.456. The average Bonchev–Trinajstić information content (AvgIpc) is 2.77. The van der Waals surface area contributed by atoms with Crippen molar-refractivity contribution in [1.29, 1.82) is 0 Å². The van der Waals surface area contributed by atoms with E-state index in [1.165, 1.54) is 6.07 Å². The molecule has 0 aliphatic carbocycles. The highest BCUT2D eigenvalue weighted by molar-refractivity contribution is 7.89. The number of hydrogen-bond acceptors (Lipinski definition) is 7. The van der Waals surface area contributed by atoms with Crippen LogP contribution in [-0.2, 0) is 10.0 Å². The molecule has 1 aromatic heterocycles. The number of rotatable bonds is 6. The second-order valence-corrected chi connectivity index (χ2v) is 8.71. The number of ether oxygens (including phenoxy) is 2. The van der Waals surface area contributed by atoms with Gasteiger partial charge in [-0.15, -0.1) is 0 Å². The molecule has 4 aromatic rings. The number of nitrogens with two attached hydrogens (primary N) is 1. The van der Waals surface area contributed by atoms with E-state index >= 15 is 0 Å². The van der Waals surface area contributed by atoms with Gasteiger partial charge in [0.1, 0.15) is 17.2 Å². The first kappa shape index (κ1) is 21.5. The SMILES string of the molecule is COc1cc(Nc2nc3ccccc3nc2-c2cc(C)ccc2S(N)(=O)=O)cc(OC)c1. The van der Waals surface area contributed by atoms with Gasteiger partial charge in [0.15, 0.2) is 5.82 Å². The van der Waals surface area contributed by atoms with Crippen LogP contribution in [0.15, 0.2) is 65.6 Å². The lowest BCUT2D eigenvalue weighted by molar-refractivity contribution is 0.395. The average molecular weight is 451 g/mol. The van der Waals surface area contributed by atoms with Crippen LogP contribution in [0.3, 0.4) is 0 Å². The number of fused-ring (bicyclic) bond motifs is 1. The molecule has 0 fully saturated rings. The van der Waals surface area contributed by atoms with E-state index in [-0.39, 0.29) is 4.90 Å². The van der Waals surface area contributed by atoms with Crippen LogP contribution in [0.4, 0.5) is 11.5 Å². The van der Waals surface area contributed by atoms with Crippen molar-refractivity contribution in [2.24, 2.45) is 5.14 Å². The van der Waals surface area contributed by atoms with Crippen LogP contribution in [0, 0.1) is 6.92 Å². The Morgan fingerprint density at radius 3 is 2.09 bits per heavy atom. The van der Waals surface area contributed by atoms with Crippen LogP contribution in [-0.4, -0.2) is 32.6 Å². The molecule has 0 atom stereocenters. The Labute approximate surface area is 186 Å². The summed E-state index contributed by atoms with van der Waals surface area (Å²) in [4.78, 5) is 9.43. The Bertz CT molecular complexity index is 1400. The second kappa shape index (κ2) is 8.45. The summed E-state index contributed by atoms with van der Waals surface area (Å²) in [5.41, 5.74) is 3.49. The van der Waals surface area contributed by atoms with Gasteiger partial charge in [-0.3, -0.25) is 0 Å². The minimum absolute atomic E-state index is 0.0287. The Morgan fingerprint density at radius 2 is 1.50 bits per heavy atom. The van der Waals surface area contributed by atoms with Crippen LogP contribution in [0.25, 0.3) is 22.3 Å². The molecular weight excluding hydrogens is 428 g/mol. The molecule has 0 bridgehead atoms. The van der Waals surface area contributed by atoms with Gasteiger partial charge in [-0.05, 0) is 31.2 Å². The lowest BCUT2D eigenvalue weighted by Crippen LogP contribution is -2.14. The van der Waals surface area contributed by atoms with Gasteiger partial charge in [-0.2, -0.15) is 0 Å². The number of anilines is 2. The van der Waals surface area contributed by atoms with Gasteiger partial charge in [-0.1, -0.05) is 23.8 Å². The maximum atomic E-state index is 12.3. The van der Waals surface area contributed by atoms with Crippen molar-refractivity contribution in [3.05, 3.63) is 66.2 Å². The molecule has 0 unspecified atom stereocenters. The Balaban J connectivity index is 1.97. The number of sulfonamides is 1. The molecule has 3 N–H and O–H groups in total. The maximum Gasteiger partial charge on any atom is 0.238 e. The maximum absolute atomic E-state index is 12.3. The Morgan fingerprint density at radius 1 is 0.875 bits per heavy atom. The van der Waals surface area contributed by atoms with E-state index in [2.05, 4.69) is 5.32 Å². The highest BCUT2D eigenvalue weighted by Gasteiger charge is 2.21. The molecule has 164 valence electrons. The molecule has 8 nitrogen and oxygen atoms in total. The normalized spacial score (nSPS) is 11.4. The van der Waals surface area contributed by atoms with Crippen molar-refractivity contribution in [2.75, 3.05) is 19.5 Å². The van der Waals surface area contributed by atoms with E-state index in [1.807, 2.05) is 31.2 Å². The first-order valence-electron chi connectivity index (χ1n) is 9.69. The predicted octanol–water partition coefficient (Wildman–Crippen LogP) is 4.01. The molecule has 0 saturated heterocycles. The Hall–Kier alpha value is -3.69. The zero-order chi connectivity index (χ0) is 22.9. The summed E-state index contributed by atoms with van der Waals surface area (Å²) in [6.45, 7) is 1.87. The molecule has 0 aliphatic rings. The molecule has 3 aromatic carbocycles. The van der Waals surface area contributed by atoms with E-state index < -0.39 is 10.0 Å². The van der Waals surface area contributed by atoms with E-state index in [4.69, 9.17) is 24.6 Å². The molecule has 32 heavy (non-hydrogen) atoms. The topological polar surface area (TPSA) is 116 Å². The second-order valence-electron chi connectivity index (χ2n) is 7.18. The summed E-state index contributed by atoms with van der Waals surface area (Å²) in [6, 6.07) is 17.6. The fourth-order valence-electron chi connectivity index (χ4n) is 3.37. The summed E-state index contributed by atoms with van der Waals surface area (Å²) in [5, 5.41) is 8.75. The Kier molecular flexibility index (Phi) is 5.68. The summed E-state index contributed by atoms with van der Waals surface area (Å²) in [6.07, 6.45) is 0. The monoisotopic (exact) mass is 450 g/mol. The van der Waals surface area contributed by atoms with Gasteiger partial charge in [0.25, 0.3) is 0 Å². The minimum atomic E-state index is -4.00. The first-order valence-corrected chi connectivity index (χ1v) is 11.2. The third-order valence-electron chi connectivity index (χ3n) is 4.88. The molecule has 0 amide bonds. The van der Waals surface area contributed by atoms with Crippen molar-refractivity contribution < 1.29 is 17.9 Å². The van der Waals surface area contributed by atoms with Crippen LogP contribution in [0.2, 0.25) is 0 Å². The molecular formula is C23H22N4O4S. The van der Waals surface area contributed by atoms with Crippen LogP contribution >= 0.6 is 0 Å². The van der Waals surface area contributed by atoms with Crippen molar-refractivity contribution in [3.63, 3.8) is 0 Å². The fourth-order valence-corrected chi connectivity index (χ4v) is 4.09. The van der Waals surface area contributed by atoms with Crippen LogP contribution < -0.4 is 19.9 Å². The predicted molar refractivity (Wildman–Crippen MR) is 124 cm³/mol. The summed E-state index contributed by atoms with van der Waals surface area (Å²) < 4.78 is 35.3. The van der Waals surface area contributed by atoms with Crippen LogP contribution in [0.1, 0.15) is 5.56 Å². The molecule has 9 heteroatoms. The third-order valence-corrected chi connectivity index (χ3v) is 5.85. The molecule has 1 heterocycles. The highest BCUT2D eigenvalue weighted by Crippen LogP contribution is 2.35. The van der Waals surface area contributed by atoms with Crippen molar-refractivity contribution >= 4 is 32.6 Å². The summed E-state index contributed by atoms with van der Waals surface area (Å²) in [7, 11) is -0.877. The van der Waals surface area contributed by atoms with Gasteiger partial charge in [-0.25, -0.2) is 23.5 Å². The van der Waals surface area contributed by atoms with Gasteiger partial charge < -0.3 is 14.8 Å². The lowest BCUT2D eigenvalue weighted by Gasteiger charge is -2.16. The number of aryl methyl sites for hydroxylation is 1. The zero-order valence-corrected chi connectivity index (χ0v) is 18.6. The number of hydrogen-bond donors (Lipinski definition) is 2. The molecule has 0 radical (unpaired) electrons. The number of aromatic nitrogens is 2. The van der Waals surface area contributed by atoms with Gasteiger partial charge in [0, 0.05) is 29.4 Å². The molecule has 4 rings (SSSR count). The van der Waals surface area contributed by atoms with Crippen molar-refractivity contribution in [2.45, 2.75) is 11.8 Å². The van der Waals surface area contributed by atoms with E-state index in [0.29, 0.717) is 45.3 Å². The number of benzene rings is 3. The number of nitrogens with one attached hydrogen (secondary N) is 1. The molecule has 0 aliphatic heterocycles. The van der Waals surface area contributed by atoms with Crippen molar-refractivity contribution in [1.82, 2.24) is 9.97 Å². The molecule has 0 saturated carbocycles. The van der Waals surface area contributed by atoms with E-state index in [0.717, 1.165) is 5.56 Å². The van der Waals surface area contributed by atoms with Crippen molar-refractivity contribution in [3.8, 4) is 22.8 Å². The van der Waals surface area contributed by atoms with Crippen LogP contribution in [0.5, 0.6) is 11.5 Å². The minimum Gasteiger partial charge on any atom is -0.497 e. The smallest absolute Gasteiger partial charge is 0.238 e. The number of para-hydroxylation sites is 2. The third kappa shape index (κ3) is 4.34. The standard InChI is InChI=1S/C23H22N4O4S/c1-14-8-9-21(32(24,28)29)18(10-14)22-23(27-20-7-5-4-6-19(20)26-22)25-15-11-16(30-2)13-17(12-15)31-3/h4-13H,1-3H3,(H,25,27)(H2,24,28,29). The first-order chi connectivity index (χ1) is 15.3. The summed E-state index contributed by atoms with van der Waals surface area (Å²) >= 11 is 0. The van der Waals surface area contributed by atoms with E-state index in [9.17, 15) is 8.42 Å². The molecule has 0 spiro atoms. The number of methoxy groups -OCH3 is 2. The van der Waals surface area contributed by atoms with Gasteiger partial charge >= 0.3 is 0 Å². The summed E-state index contributed by atoms with van der Waals surface area (Å²) in [5.74, 6) is 1.54. The van der Waals surface area contributed by atoms with Gasteiger partial charge in [0.2, 0.25) is 10.0 Å². The number of nitrogens with zero attached hydrogens (tertiary/aromatic N) is 2. The van der Waals surface area contributed by atoms with E-state index in [1.54, 1.807) is 44.6 Å². The lowest BCUT2D eigenvalue weighted by atomic mass is 10.1. The highest BCUT2D eigenvalue weighted by atomic mass is 32.2. The zero-order valence-electron chi connectivity index (χ0n) is 17.8. The largest absolute Gasteiger partial charge is 0.497 e.